The molecule has 0 aliphatic heterocycles. The molecular weight excluding hydrogens is 240 g/mol. The van der Waals surface area contributed by atoms with Gasteiger partial charge in [-0.2, -0.15) is 0 Å². The van der Waals surface area contributed by atoms with Crippen molar-refractivity contribution >= 4 is 0 Å². The molecule has 0 aromatic rings. The average molecular weight is 262 g/mol. The highest BCUT2D eigenvalue weighted by atomic mass is 16.4. The minimum Gasteiger partial charge on any atom is -0.510 e. The molecule has 0 saturated heterocycles. The summed E-state index contributed by atoms with van der Waals surface area (Å²) in [7, 11) is 0. The minimum atomic E-state index is -1.81. The lowest BCUT2D eigenvalue weighted by Gasteiger charge is -2.25. The van der Waals surface area contributed by atoms with Crippen molar-refractivity contribution in [2.45, 2.75) is 51.1 Å². The predicted octanol–water partition coefficient (Wildman–Crippen LogP) is 0.134. The Morgan fingerprint density at radius 3 is 1.28 bits per heavy atom. The van der Waals surface area contributed by atoms with Crippen molar-refractivity contribution < 1.29 is 30.6 Å². The fourth-order valence-corrected chi connectivity index (χ4v) is 1.38. The molecule has 0 saturated carbocycles. The molecule has 0 bridgehead atoms. The van der Waals surface area contributed by atoms with Gasteiger partial charge in [-0.1, -0.05) is 13.8 Å². The SMILES string of the molecule is CCC=C(O)[C@@H](O)[C@@H](O)[C@H](O)[C@@H](O)C(O)=CCC. The predicted molar refractivity (Wildman–Crippen MR) is 66.0 cm³/mol. The van der Waals surface area contributed by atoms with Crippen molar-refractivity contribution in [2.75, 3.05) is 0 Å². The third-order valence-corrected chi connectivity index (χ3v) is 2.43. The molecule has 106 valence electrons. The van der Waals surface area contributed by atoms with Crippen molar-refractivity contribution in [3.05, 3.63) is 23.7 Å². The van der Waals surface area contributed by atoms with Gasteiger partial charge in [-0.05, 0) is 25.0 Å². The third kappa shape index (κ3) is 4.66. The van der Waals surface area contributed by atoms with Crippen LogP contribution in [0.2, 0.25) is 0 Å². The van der Waals surface area contributed by atoms with Crippen LogP contribution in [0.5, 0.6) is 0 Å². The Hall–Kier alpha value is -1.08. The molecule has 0 fully saturated rings. The van der Waals surface area contributed by atoms with Gasteiger partial charge in [-0.15, -0.1) is 0 Å². The van der Waals surface area contributed by atoms with E-state index in [1.54, 1.807) is 13.8 Å². The molecule has 0 radical (unpaired) electrons. The number of hydrogen-bond acceptors (Lipinski definition) is 6. The van der Waals surface area contributed by atoms with Crippen LogP contribution in [0.4, 0.5) is 0 Å². The molecule has 0 spiro atoms. The molecule has 6 nitrogen and oxygen atoms in total. The average Bonchev–Trinajstić information content (AvgIpc) is 2.35. The van der Waals surface area contributed by atoms with Gasteiger partial charge in [0.1, 0.15) is 35.9 Å². The van der Waals surface area contributed by atoms with E-state index < -0.39 is 35.9 Å². The van der Waals surface area contributed by atoms with E-state index in [-0.39, 0.29) is 0 Å². The zero-order chi connectivity index (χ0) is 14.3. The van der Waals surface area contributed by atoms with Crippen LogP contribution < -0.4 is 0 Å². The smallest absolute Gasteiger partial charge is 0.139 e. The lowest BCUT2D eigenvalue weighted by Crippen LogP contribution is -2.45. The van der Waals surface area contributed by atoms with E-state index in [2.05, 4.69) is 0 Å². The molecule has 6 N–H and O–H groups in total. The van der Waals surface area contributed by atoms with Gasteiger partial charge in [-0.3, -0.25) is 0 Å². The second kappa shape index (κ2) is 8.10. The number of rotatable bonds is 7. The Balaban J connectivity index is 4.73. The first-order valence-electron chi connectivity index (χ1n) is 5.87. The van der Waals surface area contributed by atoms with Gasteiger partial charge in [0.05, 0.1) is 0 Å². The van der Waals surface area contributed by atoms with Crippen molar-refractivity contribution in [1.82, 2.24) is 0 Å². The zero-order valence-corrected chi connectivity index (χ0v) is 10.6. The molecule has 0 aliphatic carbocycles. The first kappa shape index (κ1) is 16.9. The van der Waals surface area contributed by atoms with Gasteiger partial charge in [0.15, 0.2) is 0 Å². The minimum absolute atomic E-state index is 0.440. The molecule has 0 amide bonds. The third-order valence-electron chi connectivity index (χ3n) is 2.43. The van der Waals surface area contributed by atoms with E-state index in [0.717, 1.165) is 0 Å². The quantitative estimate of drug-likeness (QED) is 0.363. The maximum atomic E-state index is 9.57. The summed E-state index contributed by atoms with van der Waals surface area (Å²) >= 11 is 0. The Morgan fingerprint density at radius 1 is 0.778 bits per heavy atom. The molecule has 0 rings (SSSR count). The highest BCUT2D eigenvalue weighted by Gasteiger charge is 2.33. The molecule has 6 heteroatoms. The monoisotopic (exact) mass is 262 g/mol. The van der Waals surface area contributed by atoms with Crippen LogP contribution in [0, 0.1) is 0 Å². The Kier molecular flexibility index (Phi) is 7.61. The normalized spacial score (nSPS) is 20.3. The van der Waals surface area contributed by atoms with Crippen LogP contribution in [0.1, 0.15) is 26.7 Å². The van der Waals surface area contributed by atoms with E-state index >= 15 is 0 Å². The summed E-state index contributed by atoms with van der Waals surface area (Å²) in [6, 6.07) is 0. The molecule has 0 aromatic heterocycles. The standard InChI is InChI=1S/C12H22O6/c1-3-5-7(13)9(15)11(17)12(18)10(16)8(14)6-4-2/h5-6,9-18H,3-4H2,1-2H3/t9-,10+,11-,12-/m1/s1. The van der Waals surface area contributed by atoms with Crippen molar-refractivity contribution in [3.8, 4) is 0 Å². The molecule has 0 aromatic carbocycles. The summed E-state index contributed by atoms with van der Waals surface area (Å²) < 4.78 is 0. The molecule has 4 atom stereocenters. The van der Waals surface area contributed by atoms with Gasteiger partial charge in [0.2, 0.25) is 0 Å². The van der Waals surface area contributed by atoms with Crippen molar-refractivity contribution in [2.24, 2.45) is 0 Å². The van der Waals surface area contributed by atoms with E-state index in [1.165, 1.54) is 12.2 Å². The molecule has 0 heterocycles. The largest absolute Gasteiger partial charge is 0.510 e. The second-order valence-corrected chi connectivity index (χ2v) is 3.95. The maximum absolute atomic E-state index is 9.57. The van der Waals surface area contributed by atoms with Crippen LogP contribution in [-0.4, -0.2) is 55.1 Å². The number of hydrogen-bond donors (Lipinski definition) is 6. The fraction of sp³-hybridized carbons (Fsp3) is 0.667. The highest BCUT2D eigenvalue weighted by molar-refractivity contribution is 5.07. The van der Waals surface area contributed by atoms with Gasteiger partial charge in [-0.25, -0.2) is 0 Å². The molecule has 18 heavy (non-hydrogen) atoms. The molecular formula is C12H22O6. The van der Waals surface area contributed by atoms with Crippen molar-refractivity contribution in [1.29, 1.82) is 0 Å². The Morgan fingerprint density at radius 2 is 1.06 bits per heavy atom. The zero-order valence-electron chi connectivity index (χ0n) is 10.6. The number of allylic oxidation sites excluding steroid dienone is 2. The fourth-order valence-electron chi connectivity index (χ4n) is 1.38. The van der Waals surface area contributed by atoms with E-state index in [9.17, 15) is 30.6 Å². The summed E-state index contributed by atoms with van der Waals surface area (Å²) in [5.74, 6) is -0.981. The van der Waals surface area contributed by atoms with Crippen LogP contribution in [0.15, 0.2) is 23.7 Å². The van der Waals surface area contributed by atoms with Gasteiger partial charge in [0, 0.05) is 0 Å². The number of aliphatic hydroxyl groups is 6. The Labute approximate surface area is 106 Å². The van der Waals surface area contributed by atoms with Crippen LogP contribution in [0.3, 0.4) is 0 Å². The maximum Gasteiger partial charge on any atom is 0.139 e. The lowest BCUT2D eigenvalue weighted by atomic mass is 10.00. The molecule has 0 unspecified atom stereocenters. The summed E-state index contributed by atoms with van der Waals surface area (Å²) in [6.07, 6.45) is -3.63. The van der Waals surface area contributed by atoms with Crippen LogP contribution >= 0.6 is 0 Å². The van der Waals surface area contributed by atoms with Gasteiger partial charge >= 0.3 is 0 Å². The van der Waals surface area contributed by atoms with Gasteiger partial charge in [0.25, 0.3) is 0 Å². The summed E-state index contributed by atoms with van der Waals surface area (Å²) in [6.45, 7) is 3.44. The first-order valence-corrected chi connectivity index (χ1v) is 5.87. The van der Waals surface area contributed by atoms with E-state index in [0.29, 0.717) is 12.8 Å². The topological polar surface area (TPSA) is 121 Å². The summed E-state index contributed by atoms with van der Waals surface area (Å²) in [5, 5.41) is 56.8. The summed E-state index contributed by atoms with van der Waals surface area (Å²) in [5.41, 5.74) is 0. The Bertz CT molecular complexity index is 269. The van der Waals surface area contributed by atoms with E-state index in [1.807, 2.05) is 0 Å². The second-order valence-electron chi connectivity index (χ2n) is 3.95. The molecule has 0 aliphatic rings. The lowest BCUT2D eigenvalue weighted by molar-refractivity contribution is -0.101. The summed E-state index contributed by atoms with van der Waals surface area (Å²) in [4.78, 5) is 0. The van der Waals surface area contributed by atoms with Crippen LogP contribution in [-0.2, 0) is 0 Å². The highest BCUT2D eigenvalue weighted by Crippen LogP contribution is 2.14. The van der Waals surface area contributed by atoms with Crippen LogP contribution in [0.25, 0.3) is 0 Å². The number of aliphatic hydroxyl groups excluding tert-OH is 6. The first-order chi connectivity index (χ1) is 8.36. The van der Waals surface area contributed by atoms with E-state index in [4.69, 9.17) is 0 Å². The van der Waals surface area contributed by atoms with Crippen molar-refractivity contribution in [3.63, 3.8) is 0 Å². The van der Waals surface area contributed by atoms with Gasteiger partial charge < -0.3 is 30.6 Å².